The molecule has 1 aromatic carbocycles. The van der Waals surface area contributed by atoms with E-state index in [0.29, 0.717) is 5.58 Å². The van der Waals surface area contributed by atoms with Gasteiger partial charge in [0, 0.05) is 5.39 Å². The molecule has 0 spiro atoms. The van der Waals surface area contributed by atoms with Gasteiger partial charge in [-0.1, -0.05) is 32.0 Å². The maximum atomic E-state index is 11.3. The number of carbonyl (C=O) groups is 1. The largest absolute Gasteiger partial charge is 0.422 e. The van der Waals surface area contributed by atoms with Gasteiger partial charge in [0.15, 0.2) is 5.78 Å². The zero-order chi connectivity index (χ0) is 12.1. The van der Waals surface area contributed by atoms with Gasteiger partial charge in [-0.15, -0.1) is 0 Å². The molecule has 3 heteroatoms. The van der Waals surface area contributed by atoms with Crippen LogP contribution in [0.2, 0.25) is 0 Å². The number of benzene rings is 1. The number of hydrogen-bond acceptors (Lipinski definition) is 3. The van der Waals surface area contributed by atoms with Gasteiger partial charge in [0.2, 0.25) is 0 Å². The fourth-order valence-corrected chi connectivity index (χ4v) is 1.31. The summed E-state index contributed by atoms with van der Waals surface area (Å²) in [6.07, 6.45) is 0. The minimum Gasteiger partial charge on any atom is -0.422 e. The van der Waals surface area contributed by atoms with Crippen LogP contribution in [-0.2, 0) is 0 Å². The molecule has 0 radical (unpaired) electrons. The van der Waals surface area contributed by atoms with Crippen molar-refractivity contribution in [2.75, 3.05) is 0 Å². The molecule has 84 valence electrons. The highest BCUT2D eigenvalue weighted by Gasteiger charge is 2.08. The number of hydrogen-bond donors (Lipinski definition) is 0. The lowest BCUT2D eigenvalue weighted by molar-refractivity contribution is 0.101. The molecule has 1 aromatic heterocycles. The number of ketones is 1. The maximum absolute atomic E-state index is 11.3. The molecule has 0 saturated carbocycles. The normalized spacial score (nSPS) is 9.44. The fraction of sp³-hybridized carbons (Fsp3) is 0.231. The minimum absolute atomic E-state index is 0.101. The molecule has 0 N–H and O–H groups in total. The fourth-order valence-electron chi connectivity index (χ4n) is 1.31. The summed E-state index contributed by atoms with van der Waals surface area (Å²) in [5.41, 5.74) is 0.0300. The molecule has 0 saturated heterocycles. The van der Waals surface area contributed by atoms with Crippen LogP contribution in [0.15, 0.2) is 39.5 Å². The van der Waals surface area contributed by atoms with Gasteiger partial charge in [0.1, 0.15) is 11.1 Å². The molecule has 0 atom stereocenters. The van der Waals surface area contributed by atoms with E-state index in [9.17, 15) is 9.59 Å². The standard InChI is InChI=1S/C11H8O3.C2H6/c1-7(12)9-6-8-4-2-3-5-10(8)14-11(9)13;1-2/h2-6H,1H3;1-2H3. The van der Waals surface area contributed by atoms with Crippen LogP contribution in [-0.4, -0.2) is 5.78 Å². The van der Waals surface area contributed by atoms with E-state index in [2.05, 4.69) is 0 Å². The molecule has 2 rings (SSSR count). The molecule has 0 amide bonds. The summed E-state index contributed by atoms with van der Waals surface area (Å²) in [4.78, 5) is 22.3. The van der Waals surface area contributed by atoms with Crippen LogP contribution in [0, 0.1) is 0 Å². The number of rotatable bonds is 1. The van der Waals surface area contributed by atoms with Gasteiger partial charge in [0.05, 0.1) is 0 Å². The first-order chi connectivity index (χ1) is 7.68. The topological polar surface area (TPSA) is 47.3 Å². The molecule has 3 nitrogen and oxygen atoms in total. The Morgan fingerprint density at radius 2 is 1.81 bits per heavy atom. The van der Waals surface area contributed by atoms with Crippen molar-refractivity contribution in [3.8, 4) is 0 Å². The highest BCUT2D eigenvalue weighted by Crippen LogP contribution is 2.12. The van der Waals surface area contributed by atoms with Gasteiger partial charge in [-0.25, -0.2) is 4.79 Å². The third-order valence-corrected chi connectivity index (χ3v) is 2.02. The monoisotopic (exact) mass is 218 g/mol. The molecule has 0 aliphatic carbocycles. The number of para-hydroxylation sites is 1. The average Bonchev–Trinajstić information content (AvgIpc) is 2.30. The molecular weight excluding hydrogens is 204 g/mol. The summed E-state index contributed by atoms with van der Waals surface area (Å²) >= 11 is 0. The maximum Gasteiger partial charge on any atom is 0.347 e. The van der Waals surface area contributed by atoms with Crippen molar-refractivity contribution >= 4 is 16.8 Å². The number of carbonyl (C=O) groups excluding carboxylic acids is 1. The Bertz CT molecular complexity index is 552. The van der Waals surface area contributed by atoms with E-state index < -0.39 is 5.63 Å². The Morgan fingerprint density at radius 1 is 1.19 bits per heavy atom. The van der Waals surface area contributed by atoms with E-state index >= 15 is 0 Å². The minimum atomic E-state index is -0.573. The Balaban J connectivity index is 0.000000606. The van der Waals surface area contributed by atoms with Gasteiger partial charge in [-0.3, -0.25) is 4.79 Å². The van der Waals surface area contributed by atoms with Gasteiger partial charge < -0.3 is 4.42 Å². The summed E-state index contributed by atoms with van der Waals surface area (Å²) in [6.45, 7) is 5.35. The zero-order valence-electron chi connectivity index (χ0n) is 9.61. The van der Waals surface area contributed by atoms with Crippen LogP contribution in [0.25, 0.3) is 11.0 Å². The van der Waals surface area contributed by atoms with Crippen molar-refractivity contribution in [3.63, 3.8) is 0 Å². The lowest BCUT2D eigenvalue weighted by atomic mass is 10.1. The van der Waals surface area contributed by atoms with E-state index in [-0.39, 0.29) is 11.3 Å². The molecule has 0 fully saturated rings. The van der Waals surface area contributed by atoms with Crippen molar-refractivity contribution in [2.45, 2.75) is 20.8 Å². The molecule has 0 unspecified atom stereocenters. The molecule has 1 heterocycles. The van der Waals surface area contributed by atoms with Crippen LogP contribution >= 0.6 is 0 Å². The second-order valence-corrected chi connectivity index (χ2v) is 3.04. The Hall–Kier alpha value is -1.90. The van der Waals surface area contributed by atoms with Gasteiger partial charge in [-0.05, 0) is 19.1 Å². The van der Waals surface area contributed by atoms with Gasteiger partial charge in [0.25, 0.3) is 0 Å². The summed E-state index contributed by atoms with van der Waals surface area (Å²) in [7, 11) is 0. The average molecular weight is 218 g/mol. The summed E-state index contributed by atoms with van der Waals surface area (Å²) in [5.74, 6) is -0.274. The molecular formula is C13H14O3. The Morgan fingerprint density at radius 3 is 2.44 bits per heavy atom. The van der Waals surface area contributed by atoms with E-state index in [0.717, 1.165) is 5.39 Å². The second-order valence-electron chi connectivity index (χ2n) is 3.04. The summed E-state index contributed by atoms with van der Waals surface area (Å²) in [6, 6.07) is 8.65. The SMILES string of the molecule is CC.CC(=O)c1cc2ccccc2oc1=O. The quantitative estimate of drug-likeness (QED) is 0.546. The highest BCUT2D eigenvalue weighted by atomic mass is 16.4. The van der Waals surface area contributed by atoms with Crippen molar-refractivity contribution in [1.82, 2.24) is 0 Å². The highest BCUT2D eigenvalue weighted by molar-refractivity contribution is 5.96. The smallest absolute Gasteiger partial charge is 0.347 e. The van der Waals surface area contributed by atoms with E-state index in [1.165, 1.54) is 6.92 Å². The first kappa shape index (κ1) is 12.2. The first-order valence-corrected chi connectivity index (χ1v) is 5.22. The van der Waals surface area contributed by atoms with E-state index in [1.807, 2.05) is 19.9 Å². The summed E-state index contributed by atoms with van der Waals surface area (Å²) in [5, 5.41) is 0.761. The zero-order valence-corrected chi connectivity index (χ0v) is 9.61. The van der Waals surface area contributed by atoms with Crippen LogP contribution < -0.4 is 5.63 Å². The lowest BCUT2D eigenvalue weighted by Gasteiger charge is -1.97. The van der Waals surface area contributed by atoms with Crippen molar-refractivity contribution in [1.29, 1.82) is 0 Å². The Kier molecular flexibility index (Phi) is 4.00. The predicted molar refractivity (Wildman–Crippen MR) is 63.8 cm³/mol. The van der Waals surface area contributed by atoms with Crippen LogP contribution in [0.5, 0.6) is 0 Å². The van der Waals surface area contributed by atoms with Crippen LogP contribution in [0.3, 0.4) is 0 Å². The van der Waals surface area contributed by atoms with Crippen molar-refractivity contribution in [3.05, 3.63) is 46.3 Å². The third kappa shape index (κ3) is 2.37. The predicted octanol–water partition coefficient (Wildman–Crippen LogP) is 3.02. The van der Waals surface area contributed by atoms with Crippen molar-refractivity contribution < 1.29 is 9.21 Å². The number of fused-ring (bicyclic) bond motifs is 1. The van der Waals surface area contributed by atoms with E-state index in [4.69, 9.17) is 4.42 Å². The third-order valence-electron chi connectivity index (χ3n) is 2.02. The lowest BCUT2D eigenvalue weighted by Crippen LogP contribution is -2.10. The van der Waals surface area contributed by atoms with Crippen molar-refractivity contribution in [2.24, 2.45) is 0 Å². The number of Topliss-reactive ketones (excluding diaryl/α,β-unsaturated/α-hetero) is 1. The Labute approximate surface area is 93.7 Å². The molecule has 16 heavy (non-hydrogen) atoms. The molecule has 0 aliphatic heterocycles. The molecule has 0 aliphatic rings. The molecule has 2 aromatic rings. The summed E-state index contributed by atoms with van der Waals surface area (Å²) < 4.78 is 4.98. The van der Waals surface area contributed by atoms with E-state index in [1.54, 1.807) is 24.3 Å². The first-order valence-electron chi connectivity index (χ1n) is 5.22. The second kappa shape index (κ2) is 5.26. The van der Waals surface area contributed by atoms with Crippen LogP contribution in [0.1, 0.15) is 31.1 Å². The van der Waals surface area contributed by atoms with Crippen LogP contribution in [0.4, 0.5) is 0 Å². The van der Waals surface area contributed by atoms with Gasteiger partial charge in [-0.2, -0.15) is 0 Å². The molecule has 0 bridgehead atoms. The van der Waals surface area contributed by atoms with Gasteiger partial charge >= 0.3 is 5.63 Å².